The predicted octanol–water partition coefficient (Wildman–Crippen LogP) is 2.70. The Morgan fingerprint density at radius 1 is 1.12 bits per heavy atom. The number of hydrogen-bond donors (Lipinski definition) is 1. The quantitative estimate of drug-likeness (QED) is 0.632. The van der Waals surface area contributed by atoms with Crippen molar-refractivity contribution in [3.05, 3.63) is 64.2 Å². The zero-order valence-electron chi connectivity index (χ0n) is 14.6. The maximum atomic E-state index is 12.4. The van der Waals surface area contributed by atoms with Crippen LogP contribution in [-0.2, 0) is 4.79 Å². The molecule has 0 aliphatic carbocycles. The second-order valence-electron chi connectivity index (χ2n) is 5.75. The number of nitrogens with one attached hydrogen (secondary N) is 1. The first kappa shape index (κ1) is 18.9. The van der Waals surface area contributed by atoms with E-state index in [0.29, 0.717) is 17.0 Å². The summed E-state index contributed by atoms with van der Waals surface area (Å²) in [7, 11) is 3.25. The Labute approximate surface area is 150 Å². The summed E-state index contributed by atoms with van der Waals surface area (Å²) >= 11 is 0. The van der Waals surface area contributed by atoms with Gasteiger partial charge in [-0.25, -0.2) is 0 Å². The molecule has 8 heteroatoms. The van der Waals surface area contributed by atoms with Crippen molar-refractivity contribution in [3.63, 3.8) is 0 Å². The Bertz CT molecular complexity index is 818. The zero-order chi connectivity index (χ0) is 19.3. The first-order valence-electron chi connectivity index (χ1n) is 7.82. The molecule has 136 valence electrons. The third-order valence-electron chi connectivity index (χ3n) is 3.55. The van der Waals surface area contributed by atoms with Crippen LogP contribution in [0.5, 0.6) is 5.75 Å². The van der Waals surface area contributed by atoms with E-state index in [9.17, 15) is 19.7 Å². The van der Waals surface area contributed by atoms with Gasteiger partial charge in [-0.3, -0.25) is 19.7 Å². The first-order valence-corrected chi connectivity index (χ1v) is 7.82. The van der Waals surface area contributed by atoms with Crippen LogP contribution in [0, 0.1) is 10.1 Å². The SMILES string of the molecule is CC(Oc1ccc([N+](=O)[O-])cc1)C(=O)Nc1ccccc1C(=O)N(C)C. The van der Waals surface area contributed by atoms with Gasteiger partial charge in [0, 0.05) is 26.2 Å². The van der Waals surface area contributed by atoms with Gasteiger partial charge < -0.3 is 15.0 Å². The summed E-state index contributed by atoms with van der Waals surface area (Å²) in [6, 6.07) is 12.1. The predicted molar refractivity (Wildman–Crippen MR) is 96.3 cm³/mol. The maximum Gasteiger partial charge on any atom is 0.269 e. The third-order valence-corrected chi connectivity index (χ3v) is 3.55. The number of nitrogens with zero attached hydrogens (tertiary/aromatic N) is 2. The van der Waals surface area contributed by atoms with Crippen LogP contribution < -0.4 is 10.1 Å². The molecule has 0 saturated carbocycles. The van der Waals surface area contributed by atoms with Gasteiger partial charge in [-0.1, -0.05) is 12.1 Å². The molecule has 0 heterocycles. The number of amides is 2. The van der Waals surface area contributed by atoms with Crippen molar-refractivity contribution in [1.29, 1.82) is 0 Å². The van der Waals surface area contributed by atoms with Crippen LogP contribution >= 0.6 is 0 Å². The normalized spacial score (nSPS) is 11.3. The Kier molecular flexibility index (Phi) is 5.90. The minimum absolute atomic E-state index is 0.0643. The number of nitro benzene ring substituents is 1. The molecule has 1 atom stereocenters. The van der Waals surface area contributed by atoms with Crippen LogP contribution in [0.1, 0.15) is 17.3 Å². The number of carbonyl (C=O) groups excluding carboxylic acids is 2. The summed E-state index contributed by atoms with van der Waals surface area (Å²) in [4.78, 5) is 36.1. The van der Waals surface area contributed by atoms with Crippen LogP contribution in [0.2, 0.25) is 0 Å². The number of anilines is 1. The number of non-ortho nitro benzene ring substituents is 1. The van der Waals surface area contributed by atoms with Gasteiger partial charge >= 0.3 is 0 Å². The molecule has 0 spiro atoms. The van der Waals surface area contributed by atoms with Gasteiger partial charge in [0.05, 0.1) is 16.2 Å². The summed E-state index contributed by atoms with van der Waals surface area (Å²) in [5.74, 6) is -0.344. The Hall–Kier alpha value is -3.42. The second-order valence-corrected chi connectivity index (χ2v) is 5.75. The van der Waals surface area contributed by atoms with Crippen molar-refractivity contribution in [1.82, 2.24) is 4.90 Å². The van der Waals surface area contributed by atoms with Gasteiger partial charge in [0.2, 0.25) is 0 Å². The summed E-state index contributed by atoms with van der Waals surface area (Å²) in [6.07, 6.45) is -0.862. The van der Waals surface area contributed by atoms with Crippen LogP contribution in [0.15, 0.2) is 48.5 Å². The monoisotopic (exact) mass is 357 g/mol. The van der Waals surface area contributed by atoms with Crippen molar-refractivity contribution in [2.75, 3.05) is 19.4 Å². The molecule has 1 N–H and O–H groups in total. The average molecular weight is 357 g/mol. The van der Waals surface area contributed by atoms with Crippen LogP contribution in [0.3, 0.4) is 0 Å². The van der Waals surface area contributed by atoms with Gasteiger partial charge in [-0.05, 0) is 31.2 Å². The van der Waals surface area contributed by atoms with Gasteiger partial charge in [-0.15, -0.1) is 0 Å². The van der Waals surface area contributed by atoms with Crippen molar-refractivity contribution >= 4 is 23.2 Å². The van der Waals surface area contributed by atoms with Crippen molar-refractivity contribution in [3.8, 4) is 5.75 Å². The first-order chi connectivity index (χ1) is 12.3. The lowest BCUT2D eigenvalue weighted by Gasteiger charge is -2.17. The molecule has 0 saturated heterocycles. The topological polar surface area (TPSA) is 102 Å². The fraction of sp³-hybridized carbons (Fsp3) is 0.222. The number of ether oxygens (including phenoxy) is 1. The number of carbonyl (C=O) groups is 2. The van der Waals surface area contributed by atoms with Gasteiger partial charge in [0.1, 0.15) is 5.75 Å². The largest absolute Gasteiger partial charge is 0.481 e. The minimum atomic E-state index is -0.862. The van der Waals surface area contributed by atoms with E-state index >= 15 is 0 Å². The Balaban J connectivity index is 2.08. The third kappa shape index (κ3) is 4.56. The molecule has 2 aromatic carbocycles. The highest BCUT2D eigenvalue weighted by Gasteiger charge is 2.19. The molecule has 1 unspecified atom stereocenters. The van der Waals surface area contributed by atoms with E-state index in [4.69, 9.17) is 4.74 Å². The van der Waals surface area contributed by atoms with Gasteiger partial charge in [-0.2, -0.15) is 0 Å². The number of rotatable bonds is 6. The van der Waals surface area contributed by atoms with Crippen molar-refractivity contribution < 1.29 is 19.2 Å². The van der Waals surface area contributed by atoms with Gasteiger partial charge in [0.25, 0.3) is 17.5 Å². The van der Waals surface area contributed by atoms with E-state index in [2.05, 4.69) is 5.32 Å². The minimum Gasteiger partial charge on any atom is -0.481 e. The molecule has 2 rings (SSSR count). The highest BCUT2D eigenvalue weighted by Crippen LogP contribution is 2.20. The molecule has 0 fully saturated rings. The molecule has 8 nitrogen and oxygen atoms in total. The van der Waals surface area contributed by atoms with Crippen molar-refractivity contribution in [2.24, 2.45) is 0 Å². The number of benzene rings is 2. The lowest BCUT2D eigenvalue weighted by molar-refractivity contribution is -0.384. The maximum absolute atomic E-state index is 12.4. The number of para-hydroxylation sites is 1. The van der Waals surface area contributed by atoms with E-state index < -0.39 is 16.9 Å². The Morgan fingerprint density at radius 3 is 2.31 bits per heavy atom. The Morgan fingerprint density at radius 2 is 1.73 bits per heavy atom. The summed E-state index contributed by atoms with van der Waals surface area (Å²) in [5.41, 5.74) is 0.689. The molecule has 0 aliphatic heterocycles. The number of nitro groups is 1. The van der Waals surface area contributed by atoms with E-state index in [-0.39, 0.29) is 11.6 Å². The van der Waals surface area contributed by atoms with E-state index in [1.54, 1.807) is 45.3 Å². The molecule has 0 aliphatic rings. The smallest absolute Gasteiger partial charge is 0.269 e. The van der Waals surface area contributed by atoms with Crippen LogP contribution in [-0.4, -0.2) is 41.8 Å². The summed E-state index contributed by atoms with van der Waals surface area (Å²) in [6.45, 7) is 1.55. The fourth-order valence-electron chi connectivity index (χ4n) is 2.16. The molecule has 2 amide bonds. The molecule has 0 bridgehead atoms. The molecule has 2 aromatic rings. The highest BCUT2D eigenvalue weighted by molar-refractivity contribution is 6.04. The molecule has 26 heavy (non-hydrogen) atoms. The lowest BCUT2D eigenvalue weighted by atomic mass is 10.1. The van der Waals surface area contributed by atoms with E-state index in [1.807, 2.05) is 0 Å². The fourth-order valence-corrected chi connectivity index (χ4v) is 2.16. The lowest BCUT2D eigenvalue weighted by Crippen LogP contribution is -2.31. The molecular weight excluding hydrogens is 338 g/mol. The molecular formula is C18H19N3O5. The average Bonchev–Trinajstić information content (AvgIpc) is 2.61. The standard InChI is InChI=1S/C18H19N3O5/c1-12(26-14-10-8-13(9-11-14)21(24)25)17(22)19-16-7-5-4-6-15(16)18(23)20(2)3/h4-12H,1-3H3,(H,19,22). The second kappa shape index (κ2) is 8.11. The van der Waals surface area contributed by atoms with Crippen molar-refractivity contribution in [2.45, 2.75) is 13.0 Å². The molecule has 0 radical (unpaired) electrons. The molecule has 0 aromatic heterocycles. The summed E-state index contributed by atoms with van der Waals surface area (Å²) in [5, 5.41) is 13.3. The van der Waals surface area contributed by atoms with Crippen LogP contribution in [0.25, 0.3) is 0 Å². The zero-order valence-corrected chi connectivity index (χ0v) is 14.6. The van der Waals surface area contributed by atoms with Crippen LogP contribution in [0.4, 0.5) is 11.4 Å². The summed E-state index contributed by atoms with van der Waals surface area (Å²) < 4.78 is 5.50. The van der Waals surface area contributed by atoms with Gasteiger partial charge in [0.15, 0.2) is 6.10 Å². The number of hydrogen-bond acceptors (Lipinski definition) is 5. The highest BCUT2D eigenvalue weighted by atomic mass is 16.6. The van der Waals surface area contributed by atoms with E-state index in [0.717, 1.165) is 0 Å². The van der Waals surface area contributed by atoms with E-state index in [1.165, 1.54) is 29.2 Å².